The molecule has 0 aromatic carbocycles. The second-order valence-electron chi connectivity index (χ2n) is 2.48. The Morgan fingerprint density at radius 1 is 1.73 bits per heavy atom. The van der Waals surface area contributed by atoms with Gasteiger partial charge in [-0.25, -0.2) is 0 Å². The van der Waals surface area contributed by atoms with Gasteiger partial charge in [0, 0.05) is 12.6 Å². The molecular formula is C8H13NO2. The average molecular weight is 155 g/mol. The summed E-state index contributed by atoms with van der Waals surface area (Å²) in [6, 6.07) is 0. The molecule has 0 radical (unpaired) electrons. The number of hydrogen-bond acceptors (Lipinski definition) is 2. The van der Waals surface area contributed by atoms with E-state index < -0.39 is 0 Å². The van der Waals surface area contributed by atoms with Crippen LogP contribution in [0.5, 0.6) is 0 Å². The standard InChI is InChI=1S/C8H13NO2/c1-2-7-11-9-6-4-3-5-8(9)10/h4,6H,2-3,5,7H2,1H3. The molecule has 0 atom stereocenters. The predicted molar refractivity (Wildman–Crippen MR) is 41.5 cm³/mol. The van der Waals surface area contributed by atoms with Crippen LogP contribution in [-0.2, 0) is 9.63 Å². The summed E-state index contributed by atoms with van der Waals surface area (Å²) in [6.07, 6.45) is 5.97. The molecule has 3 heteroatoms. The first kappa shape index (κ1) is 8.27. The van der Waals surface area contributed by atoms with Gasteiger partial charge in [0.25, 0.3) is 5.91 Å². The largest absolute Gasteiger partial charge is 0.272 e. The van der Waals surface area contributed by atoms with E-state index in [0.29, 0.717) is 13.0 Å². The third-order valence-electron chi connectivity index (χ3n) is 1.45. The number of amides is 1. The predicted octanol–water partition coefficient (Wildman–Crippen LogP) is 1.46. The van der Waals surface area contributed by atoms with Gasteiger partial charge < -0.3 is 0 Å². The van der Waals surface area contributed by atoms with Crippen molar-refractivity contribution >= 4 is 5.91 Å². The van der Waals surface area contributed by atoms with Crippen molar-refractivity contribution in [1.29, 1.82) is 0 Å². The number of rotatable bonds is 3. The van der Waals surface area contributed by atoms with Gasteiger partial charge in [0.2, 0.25) is 0 Å². The lowest BCUT2D eigenvalue weighted by molar-refractivity contribution is -0.171. The van der Waals surface area contributed by atoms with Gasteiger partial charge in [-0.15, -0.1) is 0 Å². The van der Waals surface area contributed by atoms with Crippen LogP contribution in [0, 0.1) is 0 Å². The number of carbonyl (C=O) groups is 1. The molecule has 11 heavy (non-hydrogen) atoms. The Balaban J connectivity index is 2.35. The molecule has 0 aromatic heterocycles. The smallest absolute Gasteiger partial charge is 0.250 e. The summed E-state index contributed by atoms with van der Waals surface area (Å²) >= 11 is 0. The van der Waals surface area contributed by atoms with E-state index in [2.05, 4.69) is 0 Å². The minimum atomic E-state index is 0.0564. The minimum absolute atomic E-state index is 0.0564. The van der Waals surface area contributed by atoms with Crippen LogP contribution in [-0.4, -0.2) is 17.6 Å². The van der Waals surface area contributed by atoms with Crippen LogP contribution in [0.3, 0.4) is 0 Å². The Morgan fingerprint density at radius 3 is 3.18 bits per heavy atom. The van der Waals surface area contributed by atoms with Crippen LogP contribution in [0.1, 0.15) is 26.2 Å². The number of carbonyl (C=O) groups excluding carboxylic acids is 1. The molecule has 1 amide bonds. The fourth-order valence-corrected chi connectivity index (χ4v) is 0.875. The monoisotopic (exact) mass is 155 g/mol. The molecule has 0 fully saturated rings. The molecule has 0 N–H and O–H groups in total. The van der Waals surface area contributed by atoms with Gasteiger partial charge in [-0.1, -0.05) is 13.0 Å². The first-order valence-corrected chi connectivity index (χ1v) is 3.96. The highest BCUT2D eigenvalue weighted by Crippen LogP contribution is 2.07. The van der Waals surface area contributed by atoms with E-state index >= 15 is 0 Å². The Kier molecular flexibility index (Phi) is 3.11. The molecule has 1 rings (SSSR count). The van der Waals surface area contributed by atoms with Crippen LogP contribution in [0.2, 0.25) is 0 Å². The SMILES string of the molecule is CCCON1C=CCCC1=O. The first-order valence-electron chi connectivity index (χ1n) is 3.96. The third-order valence-corrected chi connectivity index (χ3v) is 1.45. The van der Waals surface area contributed by atoms with Crippen LogP contribution < -0.4 is 0 Å². The van der Waals surface area contributed by atoms with Gasteiger partial charge in [-0.05, 0) is 12.8 Å². The molecule has 0 spiro atoms. The van der Waals surface area contributed by atoms with Crippen LogP contribution in [0.25, 0.3) is 0 Å². The van der Waals surface area contributed by atoms with Crippen LogP contribution >= 0.6 is 0 Å². The molecule has 0 aromatic rings. The summed E-state index contributed by atoms with van der Waals surface area (Å²) in [6.45, 7) is 2.62. The van der Waals surface area contributed by atoms with Gasteiger partial charge in [0.15, 0.2) is 0 Å². The van der Waals surface area contributed by atoms with Gasteiger partial charge in [0.1, 0.15) is 0 Å². The van der Waals surface area contributed by atoms with E-state index in [9.17, 15) is 4.79 Å². The number of hydroxylamine groups is 2. The quantitative estimate of drug-likeness (QED) is 0.617. The number of hydrogen-bond donors (Lipinski definition) is 0. The summed E-state index contributed by atoms with van der Waals surface area (Å²) in [5.41, 5.74) is 0. The topological polar surface area (TPSA) is 29.5 Å². The molecule has 0 unspecified atom stereocenters. The van der Waals surface area contributed by atoms with Gasteiger partial charge in [-0.2, -0.15) is 5.06 Å². The van der Waals surface area contributed by atoms with Crippen molar-refractivity contribution in [1.82, 2.24) is 5.06 Å². The normalized spacial score (nSPS) is 17.5. The molecule has 1 aliphatic rings. The lowest BCUT2D eigenvalue weighted by Gasteiger charge is -2.19. The summed E-state index contributed by atoms with van der Waals surface area (Å²) in [5.74, 6) is 0.0564. The fraction of sp³-hybridized carbons (Fsp3) is 0.625. The second-order valence-corrected chi connectivity index (χ2v) is 2.48. The highest BCUT2D eigenvalue weighted by Gasteiger charge is 2.13. The lowest BCUT2D eigenvalue weighted by Crippen LogP contribution is -2.28. The molecule has 1 aliphatic heterocycles. The highest BCUT2D eigenvalue weighted by atomic mass is 16.7. The van der Waals surface area contributed by atoms with Crippen molar-refractivity contribution in [2.45, 2.75) is 26.2 Å². The average Bonchev–Trinajstić information content (AvgIpc) is 2.03. The summed E-state index contributed by atoms with van der Waals surface area (Å²) < 4.78 is 0. The van der Waals surface area contributed by atoms with Crippen molar-refractivity contribution in [3.05, 3.63) is 12.3 Å². The summed E-state index contributed by atoms with van der Waals surface area (Å²) in [4.78, 5) is 16.2. The van der Waals surface area contributed by atoms with E-state index in [-0.39, 0.29) is 5.91 Å². The third kappa shape index (κ3) is 2.35. The molecule has 0 saturated heterocycles. The van der Waals surface area contributed by atoms with Gasteiger partial charge in [0.05, 0.1) is 6.61 Å². The van der Waals surface area contributed by atoms with Crippen molar-refractivity contribution < 1.29 is 9.63 Å². The van der Waals surface area contributed by atoms with Crippen molar-refractivity contribution in [2.24, 2.45) is 0 Å². The Hall–Kier alpha value is -0.830. The van der Waals surface area contributed by atoms with Gasteiger partial charge >= 0.3 is 0 Å². The van der Waals surface area contributed by atoms with E-state index in [1.54, 1.807) is 6.20 Å². The van der Waals surface area contributed by atoms with Crippen LogP contribution in [0.4, 0.5) is 0 Å². The molecule has 62 valence electrons. The maximum absolute atomic E-state index is 11.0. The Labute approximate surface area is 66.6 Å². The molecule has 0 bridgehead atoms. The number of nitrogens with zero attached hydrogens (tertiary/aromatic N) is 1. The molecule has 0 aliphatic carbocycles. The molecular weight excluding hydrogens is 142 g/mol. The van der Waals surface area contributed by atoms with Crippen molar-refractivity contribution in [3.63, 3.8) is 0 Å². The zero-order chi connectivity index (χ0) is 8.10. The zero-order valence-electron chi connectivity index (χ0n) is 6.75. The van der Waals surface area contributed by atoms with E-state index in [1.165, 1.54) is 5.06 Å². The van der Waals surface area contributed by atoms with Crippen LogP contribution in [0.15, 0.2) is 12.3 Å². The van der Waals surface area contributed by atoms with Crippen molar-refractivity contribution in [3.8, 4) is 0 Å². The highest BCUT2D eigenvalue weighted by molar-refractivity contribution is 5.77. The van der Waals surface area contributed by atoms with E-state index in [0.717, 1.165) is 12.8 Å². The number of allylic oxidation sites excluding steroid dienone is 1. The zero-order valence-corrected chi connectivity index (χ0v) is 6.75. The lowest BCUT2D eigenvalue weighted by atomic mass is 10.2. The van der Waals surface area contributed by atoms with Crippen molar-refractivity contribution in [2.75, 3.05) is 6.61 Å². The fourth-order valence-electron chi connectivity index (χ4n) is 0.875. The minimum Gasteiger partial charge on any atom is -0.272 e. The molecule has 1 heterocycles. The Bertz CT molecular complexity index is 165. The maximum atomic E-state index is 11.0. The second kappa shape index (κ2) is 4.13. The van der Waals surface area contributed by atoms with E-state index in [4.69, 9.17) is 4.84 Å². The van der Waals surface area contributed by atoms with E-state index in [1.807, 2.05) is 13.0 Å². The molecule has 3 nitrogen and oxygen atoms in total. The Morgan fingerprint density at radius 2 is 2.55 bits per heavy atom. The summed E-state index contributed by atoms with van der Waals surface area (Å²) in [5, 5.41) is 1.33. The first-order chi connectivity index (χ1) is 5.34. The summed E-state index contributed by atoms with van der Waals surface area (Å²) in [7, 11) is 0. The maximum Gasteiger partial charge on any atom is 0.250 e. The van der Waals surface area contributed by atoms with Gasteiger partial charge in [-0.3, -0.25) is 9.63 Å². The molecule has 0 saturated carbocycles.